The standard InChI is InChI=1S/C17H16ClN3/c18-16-9-13(10-19)5-6-15(16)12-21-8-7-20-11-14-3-1-2-4-17(14)21/h1-6,9,20H,7-8,11-12H2. The lowest BCUT2D eigenvalue weighted by atomic mass is 10.1. The van der Waals surface area contributed by atoms with Gasteiger partial charge in [0.25, 0.3) is 0 Å². The zero-order valence-corrected chi connectivity index (χ0v) is 12.4. The van der Waals surface area contributed by atoms with Crippen molar-refractivity contribution < 1.29 is 0 Å². The normalized spacial score (nSPS) is 14.2. The number of nitrogens with zero attached hydrogens (tertiary/aromatic N) is 2. The van der Waals surface area contributed by atoms with Crippen molar-refractivity contribution in [3.63, 3.8) is 0 Å². The van der Waals surface area contributed by atoms with Crippen LogP contribution in [-0.4, -0.2) is 13.1 Å². The number of rotatable bonds is 2. The first-order valence-electron chi connectivity index (χ1n) is 7.00. The summed E-state index contributed by atoms with van der Waals surface area (Å²) < 4.78 is 0. The van der Waals surface area contributed by atoms with Crippen molar-refractivity contribution in [1.82, 2.24) is 5.32 Å². The number of hydrogen-bond donors (Lipinski definition) is 1. The van der Waals surface area contributed by atoms with Gasteiger partial charge >= 0.3 is 0 Å². The monoisotopic (exact) mass is 297 g/mol. The molecular weight excluding hydrogens is 282 g/mol. The Hall–Kier alpha value is -2.02. The second-order valence-electron chi connectivity index (χ2n) is 5.15. The van der Waals surface area contributed by atoms with Crippen LogP contribution in [0, 0.1) is 11.3 Å². The summed E-state index contributed by atoms with van der Waals surface area (Å²) in [6, 6.07) is 16.1. The van der Waals surface area contributed by atoms with Crippen LogP contribution in [0.2, 0.25) is 5.02 Å². The molecule has 0 unspecified atom stereocenters. The molecule has 2 aromatic carbocycles. The molecule has 0 fully saturated rings. The molecular formula is C17H16ClN3. The Balaban J connectivity index is 1.90. The lowest BCUT2D eigenvalue weighted by molar-refractivity contribution is 0.688. The fourth-order valence-electron chi connectivity index (χ4n) is 2.64. The maximum Gasteiger partial charge on any atom is 0.0992 e. The van der Waals surface area contributed by atoms with Crippen LogP contribution in [0.25, 0.3) is 0 Å². The maximum absolute atomic E-state index is 8.91. The average molecular weight is 298 g/mol. The lowest BCUT2D eigenvalue weighted by Crippen LogP contribution is -2.28. The highest BCUT2D eigenvalue weighted by molar-refractivity contribution is 6.31. The molecule has 0 atom stereocenters. The predicted octanol–water partition coefficient (Wildman–Crippen LogP) is 3.32. The third-order valence-corrected chi connectivity index (χ3v) is 4.10. The van der Waals surface area contributed by atoms with Gasteiger partial charge in [-0.2, -0.15) is 5.26 Å². The molecule has 0 saturated heterocycles. The molecule has 2 aromatic rings. The smallest absolute Gasteiger partial charge is 0.0992 e. The Morgan fingerprint density at radius 2 is 2.10 bits per heavy atom. The van der Waals surface area contributed by atoms with E-state index in [-0.39, 0.29) is 0 Å². The van der Waals surface area contributed by atoms with E-state index < -0.39 is 0 Å². The minimum Gasteiger partial charge on any atom is -0.366 e. The molecule has 0 aliphatic carbocycles. The van der Waals surface area contributed by atoms with E-state index in [0.29, 0.717) is 10.6 Å². The fourth-order valence-corrected chi connectivity index (χ4v) is 2.88. The van der Waals surface area contributed by atoms with Crippen LogP contribution in [0.5, 0.6) is 0 Å². The van der Waals surface area contributed by atoms with Crippen LogP contribution in [0.1, 0.15) is 16.7 Å². The minimum atomic E-state index is 0.599. The second kappa shape index (κ2) is 6.17. The van der Waals surface area contributed by atoms with Gasteiger partial charge in [0.2, 0.25) is 0 Å². The third-order valence-electron chi connectivity index (χ3n) is 3.75. The number of fused-ring (bicyclic) bond motifs is 1. The quantitative estimate of drug-likeness (QED) is 0.924. The number of anilines is 1. The molecule has 3 rings (SSSR count). The summed E-state index contributed by atoms with van der Waals surface area (Å²) in [5.41, 5.74) is 4.21. The molecule has 1 N–H and O–H groups in total. The van der Waals surface area contributed by atoms with Crippen LogP contribution in [0.3, 0.4) is 0 Å². The van der Waals surface area contributed by atoms with Crippen molar-refractivity contribution in [1.29, 1.82) is 5.26 Å². The fraction of sp³-hybridized carbons (Fsp3) is 0.235. The van der Waals surface area contributed by atoms with Crippen molar-refractivity contribution in [3.05, 3.63) is 64.2 Å². The van der Waals surface area contributed by atoms with Crippen LogP contribution >= 0.6 is 11.6 Å². The van der Waals surface area contributed by atoms with Gasteiger partial charge in [-0.05, 0) is 29.3 Å². The number of halogens is 1. The van der Waals surface area contributed by atoms with Crippen LogP contribution in [0.4, 0.5) is 5.69 Å². The van der Waals surface area contributed by atoms with Crippen LogP contribution in [-0.2, 0) is 13.1 Å². The van der Waals surface area contributed by atoms with E-state index in [1.807, 2.05) is 12.1 Å². The molecule has 0 saturated carbocycles. The summed E-state index contributed by atoms with van der Waals surface area (Å²) in [6.07, 6.45) is 0. The summed E-state index contributed by atoms with van der Waals surface area (Å²) in [4.78, 5) is 2.34. The molecule has 0 bridgehead atoms. The molecule has 1 heterocycles. The van der Waals surface area contributed by atoms with Crippen LogP contribution < -0.4 is 10.2 Å². The molecule has 0 amide bonds. The average Bonchev–Trinajstić information content (AvgIpc) is 2.72. The van der Waals surface area contributed by atoms with Gasteiger partial charge in [0.15, 0.2) is 0 Å². The highest BCUT2D eigenvalue weighted by Crippen LogP contribution is 2.26. The van der Waals surface area contributed by atoms with Gasteiger partial charge in [-0.25, -0.2) is 0 Å². The molecule has 4 heteroatoms. The Bertz CT molecular complexity index is 691. The minimum absolute atomic E-state index is 0.599. The Morgan fingerprint density at radius 1 is 1.24 bits per heavy atom. The van der Waals surface area contributed by atoms with E-state index in [9.17, 15) is 0 Å². The van der Waals surface area contributed by atoms with Gasteiger partial charge in [-0.1, -0.05) is 35.9 Å². The predicted molar refractivity (Wildman–Crippen MR) is 85.4 cm³/mol. The lowest BCUT2D eigenvalue weighted by Gasteiger charge is -2.25. The number of hydrogen-bond acceptors (Lipinski definition) is 3. The second-order valence-corrected chi connectivity index (χ2v) is 5.55. The van der Waals surface area contributed by atoms with E-state index >= 15 is 0 Å². The molecule has 21 heavy (non-hydrogen) atoms. The van der Waals surface area contributed by atoms with Crippen molar-refractivity contribution in [2.24, 2.45) is 0 Å². The summed E-state index contributed by atoms with van der Waals surface area (Å²) in [6.45, 7) is 3.53. The number of nitriles is 1. The Labute approximate surface area is 129 Å². The van der Waals surface area contributed by atoms with E-state index in [0.717, 1.165) is 31.7 Å². The first-order chi connectivity index (χ1) is 10.3. The molecule has 106 valence electrons. The van der Waals surface area contributed by atoms with Gasteiger partial charge in [0, 0.05) is 36.9 Å². The Kier molecular flexibility index (Phi) is 4.10. The molecule has 0 spiro atoms. The number of nitrogens with one attached hydrogen (secondary N) is 1. The highest BCUT2D eigenvalue weighted by Gasteiger charge is 2.15. The van der Waals surface area contributed by atoms with E-state index in [1.54, 1.807) is 6.07 Å². The molecule has 3 nitrogen and oxygen atoms in total. The topological polar surface area (TPSA) is 39.1 Å². The molecule has 1 aliphatic rings. The van der Waals surface area contributed by atoms with E-state index in [2.05, 4.69) is 40.6 Å². The summed E-state index contributed by atoms with van der Waals surface area (Å²) in [5, 5.41) is 13.0. The van der Waals surface area contributed by atoms with Crippen molar-refractivity contribution in [3.8, 4) is 6.07 Å². The summed E-state index contributed by atoms with van der Waals surface area (Å²) in [7, 11) is 0. The van der Waals surface area contributed by atoms with E-state index in [4.69, 9.17) is 16.9 Å². The largest absolute Gasteiger partial charge is 0.366 e. The first-order valence-corrected chi connectivity index (χ1v) is 7.38. The first kappa shape index (κ1) is 13.9. The summed E-state index contributed by atoms with van der Waals surface area (Å²) in [5.74, 6) is 0. The zero-order chi connectivity index (χ0) is 14.7. The SMILES string of the molecule is N#Cc1ccc(CN2CCNCc3ccccc32)c(Cl)c1. The van der Waals surface area contributed by atoms with Gasteiger partial charge < -0.3 is 10.2 Å². The van der Waals surface area contributed by atoms with Gasteiger partial charge in [0.05, 0.1) is 11.6 Å². The zero-order valence-electron chi connectivity index (χ0n) is 11.6. The van der Waals surface area contributed by atoms with Gasteiger partial charge in [-0.15, -0.1) is 0 Å². The van der Waals surface area contributed by atoms with E-state index in [1.165, 1.54) is 11.3 Å². The molecule has 0 radical (unpaired) electrons. The maximum atomic E-state index is 8.91. The van der Waals surface area contributed by atoms with Crippen LogP contribution in [0.15, 0.2) is 42.5 Å². The Morgan fingerprint density at radius 3 is 2.90 bits per heavy atom. The molecule has 0 aromatic heterocycles. The van der Waals surface area contributed by atoms with Crippen molar-refractivity contribution in [2.45, 2.75) is 13.1 Å². The highest BCUT2D eigenvalue weighted by atomic mass is 35.5. The number of para-hydroxylation sites is 1. The number of benzene rings is 2. The summed E-state index contributed by atoms with van der Waals surface area (Å²) >= 11 is 6.30. The van der Waals surface area contributed by atoms with Crippen molar-refractivity contribution in [2.75, 3.05) is 18.0 Å². The third kappa shape index (κ3) is 3.02. The van der Waals surface area contributed by atoms with Gasteiger partial charge in [0.1, 0.15) is 0 Å². The van der Waals surface area contributed by atoms with Gasteiger partial charge in [-0.3, -0.25) is 0 Å². The van der Waals surface area contributed by atoms with Crippen molar-refractivity contribution >= 4 is 17.3 Å². The molecule has 1 aliphatic heterocycles.